The number of hydrogen-bond donors (Lipinski definition) is 1. The van der Waals surface area contributed by atoms with Crippen molar-refractivity contribution in [1.82, 2.24) is 0 Å². The third-order valence-electron chi connectivity index (χ3n) is 4.82. The SMILES string of the molecule is CCCS(=O)(=O)Nc1cccc(N(Cc2ccccc2)Cc2ccccc2)c1C. The molecule has 0 aliphatic heterocycles. The minimum absolute atomic E-state index is 0.119. The van der Waals surface area contributed by atoms with Crippen molar-refractivity contribution in [2.75, 3.05) is 15.4 Å². The van der Waals surface area contributed by atoms with Crippen LogP contribution < -0.4 is 9.62 Å². The maximum Gasteiger partial charge on any atom is 0.232 e. The first-order valence-electron chi connectivity index (χ1n) is 9.91. The molecule has 0 fully saturated rings. The molecule has 4 nitrogen and oxygen atoms in total. The molecule has 0 aromatic heterocycles. The molecule has 0 spiro atoms. The number of nitrogens with zero attached hydrogens (tertiary/aromatic N) is 1. The summed E-state index contributed by atoms with van der Waals surface area (Å²) in [5, 5.41) is 0. The second kappa shape index (κ2) is 9.61. The van der Waals surface area contributed by atoms with E-state index < -0.39 is 10.0 Å². The van der Waals surface area contributed by atoms with Crippen LogP contribution in [0.2, 0.25) is 0 Å². The van der Waals surface area contributed by atoms with Crippen LogP contribution in [0.3, 0.4) is 0 Å². The molecule has 0 aliphatic carbocycles. The van der Waals surface area contributed by atoms with E-state index in [1.807, 2.05) is 62.4 Å². The van der Waals surface area contributed by atoms with E-state index in [-0.39, 0.29) is 5.75 Å². The second-order valence-corrected chi connectivity index (χ2v) is 9.04. The highest BCUT2D eigenvalue weighted by atomic mass is 32.2. The average molecular weight is 409 g/mol. The van der Waals surface area contributed by atoms with Crippen LogP contribution in [0.4, 0.5) is 11.4 Å². The van der Waals surface area contributed by atoms with Gasteiger partial charge in [-0.3, -0.25) is 4.72 Å². The monoisotopic (exact) mass is 408 g/mol. The summed E-state index contributed by atoms with van der Waals surface area (Å²) in [4.78, 5) is 2.29. The van der Waals surface area contributed by atoms with E-state index in [1.54, 1.807) is 0 Å². The highest BCUT2D eigenvalue weighted by Crippen LogP contribution is 2.30. The van der Waals surface area contributed by atoms with Gasteiger partial charge in [-0.25, -0.2) is 8.42 Å². The van der Waals surface area contributed by atoms with Crippen molar-refractivity contribution in [1.29, 1.82) is 0 Å². The van der Waals surface area contributed by atoms with Crippen molar-refractivity contribution in [3.63, 3.8) is 0 Å². The summed E-state index contributed by atoms with van der Waals surface area (Å²) >= 11 is 0. The van der Waals surface area contributed by atoms with Crippen LogP contribution in [-0.4, -0.2) is 14.2 Å². The number of hydrogen-bond acceptors (Lipinski definition) is 3. The van der Waals surface area contributed by atoms with Crippen molar-refractivity contribution >= 4 is 21.4 Å². The predicted octanol–water partition coefficient (Wildman–Crippen LogP) is 5.35. The summed E-state index contributed by atoms with van der Waals surface area (Å²) in [6.07, 6.45) is 0.586. The molecule has 3 aromatic rings. The van der Waals surface area contributed by atoms with E-state index >= 15 is 0 Å². The van der Waals surface area contributed by atoms with Crippen LogP contribution in [0.15, 0.2) is 78.9 Å². The molecule has 0 aliphatic rings. The van der Waals surface area contributed by atoms with Crippen molar-refractivity contribution in [3.8, 4) is 0 Å². The van der Waals surface area contributed by atoms with Gasteiger partial charge in [0.2, 0.25) is 10.0 Å². The normalized spacial score (nSPS) is 11.2. The van der Waals surface area contributed by atoms with Crippen LogP contribution in [0.5, 0.6) is 0 Å². The van der Waals surface area contributed by atoms with Gasteiger partial charge in [-0.2, -0.15) is 0 Å². The Morgan fingerprint density at radius 1 is 0.793 bits per heavy atom. The number of sulfonamides is 1. The van der Waals surface area contributed by atoms with E-state index in [0.29, 0.717) is 12.1 Å². The molecule has 29 heavy (non-hydrogen) atoms. The molecule has 0 bridgehead atoms. The van der Waals surface area contributed by atoms with Crippen molar-refractivity contribution < 1.29 is 8.42 Å². The van der Waals surface area contributed by atoms with Gasteiger partial charge in [0.1, 0.15) is 0 Å². The molecule has 3 rings (SSSR count). The minimum Gasteiger partial charge on any atom is -0.363 e. The number of nitrogens with one attached hydrogen (secondary N) is 1. The lowest BCUT2D eigenvalue weighted by Gasteiger charge is -2.28. The highest BCUT2D eigenvalue weighted by molar-refractivity contribution is 7.92. The minimum atomic E-state index is -3.34. The van der Waals surface area contributed by atoms with Crippen LogP contribution in [0, 0.1) is 6.92 Å². The summed E-state index contributed by atoms with van der Waals surface area (Å²) in [5.41, 5.74) is 5.01. The zero-order valence-corrected chi connectivity index (χ0v) is 17.8. The third kappa shape index (κ3) is 5.84. The lowest BCUT2D eigenvalue weighted by Crippen LogP contribution is -2.24. The second-order valence-electron chi connectivity index (χ2n) is 7.20. The largest absolute Gasteiger partial charge is 0.363 e. The predicted molar refractivity (Wildman–Crippen MR) is 122 cm³/mol. The topological polar surface area (TPSA) is 49.4 Å². The van der Waals surface area contributed by atoms with E-state index in [1.165, 1.54) is 11.1 Å². The fraction of sp³-hybridized carbons (Fsp3) is 0.250. The maximum absolute atomic E-state index is 12.3. The molecule has 0 saturated heterocycles. The molecule has 0 saturated carbocycles. The number of anilines is 2. The summed E-state index contributed by atoms with van der Waals surface area (Å²) in [6, 6.07) is 26.4. The molecule has 0 heterocycles. The van der Waals surface area contributed by atoms with Crippen LogP contribution in [0.1, 0.15) is 30.0 Å². The van der Waals surface area contributed by atoms with Crippen molar-refractivity contribution in [2.45, 2.75) is 33.4 Å². The van der Waals surface area contributed by atoms with Gasteiger partial charge in [0.25, 0.3) is 0 Å². The lowest BCUT2D eigenvalue weighted by molar-refractivity contribution is 0.600. The molecule has 0 unspecified atom stereocenters. The molecule has 1 N–H and O–H groups in total. The summed E-state index contributed by atoms with van der Waals surface area (Å²) in [5.74, 6) is 0.119. The first-order valence-corrected chi connectivity index (χ1v) is 11.6. The molecule has 3 aromatic carbocycles. The Labute approximate surface area is 174 Å². The standard InChI is InChI=1S/C24H28N2O2S/c1-3-17-29(27,28)25-23-15-10-16-24(20(23)2)26(18-21-11-6-4-7-12-21)19-22-13-8-5-9-14-22/h4-16,25H,3,17-19H2,1-2H3. The Morgan fingerprint density at radius 2 is 1.34 bits per heavy atom. The Balaban J connectivity index is 1.95. The van der Waals surface area contributed by atoms with Gasteiger partial charge in [-0.05, 0) is 42.2 Å². The van der Waals surface area contributed by atoms with Gasteiger partial charge in [0.05, 0.1) is 11.4 Å². The van der Waals surface area contributed by atoms with Gasteiger partial charge >= 0.3 is 0 Å². The fourth-order valence-corrected chi connectivity index (χ4v) is 4.59. The Kier molecular flexibility index (Phi) is 6.94. The molecule has 5 heteroatoms. The number of benzene rings is 3. The van der Waals surface area contributed by atoms with Crippen molar-refractivity contribution in [2.24, 2.45) is 0 Å². The van der Waals surface area contributed by atoms with Crippen LogP contribution in [0.25, 0.3) is 0 Å². The van der Waals surface area contributed by atoms with Gasteiger partial charge < -0.3 is 4.90 Å². The molecular formula is C24H28N2O2S. The highest BCUT2D eigenvalue weighted by Gasteiger charge is 2.16. The summed E-state index contributed by atoms with van der Waals surface area (Å²) < 4.78 is 27.3. The molecule has 152 valence electrons. The molecule has 0 amide bonds. The Hall–Kier alpha value is -2.79. The summed E-state index contributed by atoms with van der Waals surface area (Å²) in [6.45, 7) is 5.32. The Morgan fingerprint density at radius 3 is 1.86 bits per heavy atom. The zero-order chi connectivity index (χ0) is 20.7. The van der Waals surface area contributed by atoms with Crippen LogP contribution in [-0.2, 0) is 23.1 Å². The first kappa shape index (κ1) is 20.9. The molecule has 0 radical (unpaired) electrons. The van der Waals surface area contributed by atoms with Gasteiger partial charge in [0, 0.05) is 18.8 Å². The van der Waals surface area contributed by atoms with Gasteiger partial charge in [-0.15, -0.1) is 0 Å². The molecule has 0 atom stereocenters. The lowest BCUT2D eigenvalue weighted by atomic mass is 10.1. The smallest absolute Gasteiger partial charge is 0.232 e. The van der Waals surface area contributed by atoms with E-state index in [4.69, 9.17) is 0 Å². The van der Waals surface area contributed by atoms with E-state index in [2.05, 4.69) is 40.0 Å². The van der Waals surface area contributed by atoms with E-state index in [9.17, 15) is 8.42 Å². The third-order valence-corrected chi connectivity index (χ3v) is 6.29. The van der Waals surface area contributed by atoms with Crippen molar-refractivity contribution in [3.05, 3.63) is 95.6 Å². The quantitative estimate of drug-likeness (QED) is 0.519. The van der Waals surface area contributed by atoms with Crippen LogP contribution >= 0.6 is 0 Å². The zero-order valence-electron chi connectivity index (χ0n) is 17.0. The summed E-state index contributed by atoms with van der Waals surface area (Å²) in [7, 11) is -3.34. The fourth-order valence-electron chi connectivity index (χ4n) is 3.40. The average Bonchev–Trinajstić information content (AvgIpc) is 2.70. The van der Waals surface area contributed by atoms with Gasteiger partial charge in [-0.1, -0.05) is 73.7 Å². The maximum atomic E-state index is 12.3. The molecular weight excluding hydrogens is 380 g/mol. The Bertz CT molecular complexity index is 978. The number of rotatable bonds is 9. The van der Waals surface area contributed by atoms with Gasteiger partial charge in [0.15, 0.2) is 0 Å². The first-order chi connectivity index (χ1) is 14.0. The van der Waals surface area contributed by atoms with E-state index in [0.717, 1.165) is 24.3 Å².